The molecule has 0 spiro atoms. The molecule has 1 amide bonds. The van der Waals surface area contributed by atoms with E-state index in [0.717, 1.165) is 29.5 Å². The van der Waals surface area contributed by atoms with Crippen LogP contribution in [0.25, 0.3) is 0 Å². The minimum absolute atomic E-state index is 0.0993. The van der Waals surface area contributed by atoms with Crippen LogP contribution in [-0.2, 0) is 28.3 Å². The Kier molecular flexibility index (Phi) is 4.25. The van der Waals surface area contributed by atoms with E-state index in [9.17, 15) is 4.79 Å². The quantitative estimate of drug-likeness (QED) is 0.635. The minimum Gasteiger partial charge on any atom is -0.356 e. The molecule has 3 aromatic rings. The van der Waals surface area contributed by atoms with Crippen molar-refractivity contribution >= 4 is 5.91 Å². The number of benzene rings is 3. The Morgan fingerprint density at radius 2 is 1.50 bits per heavy atom. The maximum atomic E-state index is 13.7. The molecule has 1 saturated heterocycles. The summed E-state index contributed by atoms with van der Waals surface area (Å²) in [6.45, 7) is 1.06. The lowest BCUT2D eigenvalue weighted by molar-refractivity contribution is -0.181. The van der Waals surface area contributed by atoms with Gasteiger partial charge in [-0.1, -0.05) is 84.9 Å². The summed E-state index contributed by atoms with van der Waals surface area (Å²) in [6.07, 6.45) is 1.68. The molecule has 0 aromatic heterocycles. The highest BCUT2D eigenvalue weighted by molar-refractivity contribution is 5.90. The Morgan fingerprint density at radius 1 is 0.857 bits per heavy atom. The Balaban J connectivity index is 1.52. The van der Waals surface area contributed by atoms with Gasteiger partial charge in [-0.25, -0.2) is 0 Å². The monoisotopic (exact) mass is 369 g/mol. The van der Waals surface area contributed by atoms with Crippen LogP contribution in [0.1, 0.15) is 41.1 Å². The topological polar surface area (TPSA) is 29.5 Å². The van der Waals surface area contributed by atoms with Crippen molar-refractivity contribution in [1.82, 2.24) is 4.90 Å². The van der Waals surface area contributed by atoms with E-state index in [2.05, 4.69) is 30.3 Å². The summed E-state index contributed by atoms with van der Waals surface area (Å²) in [5, 5.41) is 0. The number of rotatable bonds is 5. The third-order valence-electron chi connectivity index (χ3n) is 6.03. The number of hydrogen-bond donors (Lipinski definition) is 0. The van der Waals surface area contributed by atoms with E-state index in [1.165, 1.54) is 5.56 Å². The first-order chi connectivity index (χ1) is 13.8. The van der Waals surface area contributed by atoms with Crippen molar-refractivity contribution in [2.75, 3.05) is 0 Å². The molecule has 3 heteroatoms. The van der Waals surface area contributed by atoms with Crippen molar-refractivity contribution in [2.24, 2.45) is 0 Å². The van der Waals surface area contributed by atoms with Crippen molar-refractivity contribution in [3.63, 3.8) is 0 Å². The van der Waals surface area contributed by atoms with Gasteiger partial charge in [-0.05, 0) is 35.1 Å². The van der Waals surface area contributed by atoms with Gasteiger partial charge >= 0.3 is 0 Å². The summed E-state index contributed by atoms with van der Waals surface area (Å²) in [4.78, 5) is 15.7. The molecule has 3 aliphatic rings. The van der Waals surface area contributed by atoms with Crippen molar-refractivity contribution < 1.29 is 9.53 Å². The second-order valence-electron chi connectivity index (χ2n) is 7.66. The average Bonchev–Trinajstić information content (AvgIpc) is 2.77. The largest absolute Gasteiger partial charge is 0.356 e. The van der Waals surface area contributed by atoms with Crippen LogP contribution in [0.2, 0.25) is 0 Å². The summed E-state index contributed by atoms with van der Waals surface area (Å²) in [5.41, 5.74) is 3.65. The van der Waals surface area contributed by atoms with Crippen LogP contribution in [0.5, 0.6) is 0 Å². The van der Waals surface area contributed by atoms with E-state index < -0.39 is 5.60 Å². The van der Waals surface area contributed by atoms with Gasteiger partial charge in [-0.15, -0.1) is 0 Å². The van der Waals surface area contributed by atoms with Gasteiger partial charge in [0.15, 0.2) is 5.60 Å². The van der Waals surface area contributed by atoms with Crippen LogP contribution >= 0.6 is 0 Å². The normalized spacial score (nSPS) is 22.9. The fourth-order valence-electron chi connectivity index (χ4n) is 4.66. The highest BCUT2D eigenvalue weighted by atomic mass is 16.5. The number of ether oxygens (including phenoxy) is 1. The molecule has 3 aromatic carbocycles. The molecule has 3 nitrogen and oxygen atoms in total. The molecule has 2 unspecified atom stereocenters. The van der Waals surface area contributed by atoms with Crippen LogP contribution in [0.4, 0.5) is 0 Å². The highest BCUT2D eigenvalue weighted by Gasteiger charge is 2.55. The smallest absolute Gasteiger partial charge is 0.260 e. The van der Waals surface area contributed by atoms with E-state index in [4.69, 9.17) is 4.74 Å². The zero-order valence-electron chi connectivity index (χ0n) is 15.8. The second kappa shape index (κ2) is 6.92. The van der Waals surface area contributed by atoms with Gasteiger partial charge in [0, 0.05) is 6.54 Å². The molecular weight excluding hydrogens is 346 g/mol. The molecule has 1 fully saturated rings. The first kappa shape index (κ1) is 17.2. The van der Waals surface area contributed by atoms with Crippen molar-refractivity contribution in [3.8, 4) is 0 Å². The van der Waals surface area contributed by atoms with Gasteiger partial charge in [-0.2, -0.15) is 0 Å². The predicted molar refractivity (Wildman–Crippen MR) is 108 cm³/mol. The molecule has 0 N–H and O–H groups in total. The third kappa shape index (κ3) is 2.74. The first-order valence-corrected chi connectivity index (χ1v) is 9.90. The highest BCUT2D eigenvalue weighted by Crippen LogP contribution is 2.52. The molecule has 2 bridgehead atoms. The minimum atomic E-state index is -0.879. The molecule has 2 heterocycles. The Hall–Kier alpha value is -2.91. The second-order valence-corrected chi connectivity index (χ2v) is 7.66. The zero-order chi connectivity index (χ0) is 19.0. The van der Waals surface area contributed by atoms with Crippen LogP contribution < -0.4 is 0 Å². The Morgan fingerprint density at radius 3 is 2.25 bits per heavy atom. The maximum absolute atomic E-state index is 13.7. The SMILES string of the molecule is O=C1N(Cc2ccccc2)C2CCC1(OCc1ccccc1)c1ccccc12. The predicted octanol–water partition coefficient (Wildman–Crippen LogP) is 4.98. The summed E-state index contributed by atoms with van der Waals surface area (Å²) >= 11 is 0. The van der Waals surface area contributed by atoms with Gasteiger partial charge in [0.25, 0.3) is 5.91 Å². The van der Waals surface area contributed by atoms with Gasteiger partial charge < -0.3 is 9.64 Å². The Bertz CT molecular complexity index is 986. The van der Waals surface area contributed by atoms with Gasteiger partial charge in [0.2, 0.25) is 0 Å². The lowest BCUT2D eigenvalue weighted by Gasteiger charge is -2.52. The summed E-state index contributed by atoms with van der Waals surface area (Å²) in [7, 11) is 0. The lowest BCUT2D eigenvalue weighted by Crippen LogP contribution is -2.58. The van der Waals surface area contributed by atoms with Crippen molar-refractivity contribution in [2.45, 2.75) is 37.6 Å². The van der Waals surface area contributed by atoms with Gasteiger partial charge in [0.05, 0.1) is 12.6 Å². The van der Waals surface area contributed by atoms with Gasteiger partial charge in [-0.3, -0.25) is 4.79 Å². The van der Waals surface area contributed by atoms with Crippen LogP contribution in [0.15, 0.2) is 84.9 Å². The van der Waals surface area contributed by atoms with E-state index in [0.29, 0.717) is 13.2 Å². The molecule has 6 rings (SSSR count). The number of carbonyl (C=O) groups is 1. The summed E-state index contributed by atoms with van der Waals surface area (Å²) in [5.74, 6) is 0.0993. The number of nitrogens with zero attached hydrogens (tertiary/aromatic N) is 1. The van der Waals surface area contributed by atoms with Crippen molar-refractivity contribution in [1.29, 1.82) is 0 Å². The van der Waals surface area contributed by atoms with Crippen molar-refractivity contribution in [3.05, 3.63) is 107 Å². The lowest BCUT2D eigenvalue weighted by atomic mass is 9.70. The number of carbonyl (C=O) groups excluding carboxylic acids is 1. The molecule has 2 aliphatic heterocycles. The van der Waals surface area contributed by atoms with E-state index in [1.807, 2.05) is 59.5 Å². The van der Waals surface area contributed by atoms with Crippen LogP contribution in [-0.4, -0.2) is 10.8 Å². The van der Waals surface area contributed by atoms with E-state index >= 15 is 0 Å². The fourth-order valence-corrected chi connectivity index (χ4v) is 4.66. The molecule has 28 heavy (non-hydrogen) atoms. The number of fused-ring (bicyclic) bond motifs is 2. The first-order valence-electron chi connectivity index (χ1n) is 9.90. The van der Waals surface area contributed by atoms with E-state index in [1.54, 1.807) is 0 Å². The Labute approximate surface area is 165 Å². The van der Waals surface area contributed by atoms with Crippen LogP contribution in [0.3, 0.4) is 0 Å². The number of piperidine rings is 1. The summed E-state index contributed by atoms with van der Waals surface area (Å²) < 4.78 is 6.46. The van der Waals surface area contributed by atoms with Gasteiger partial charge in [0.1, 0.15) is 0 Å². The standard InChI is InChI=1S/C25H23NO2/c27-24-25(28-18-20-11-5-2-6-12-20)16-15-23(21-13-7-8-14-22(21)25)26(24)17-19-9-3-1-4-10-19/h1-14,23H,15-18H2. The molecule has 140 valence electrons. The third-order valence-corrected chi connectivity index (χ3v) is 6.03. The molecule has 0 radical (unpaired) electrons. The fraction of sp³-hybridized carbons (Fsp3) is 0.240. The molecule has 2 atom stereocenters. The summed E-state index contributed by atoms with van der Waals surface area (Å²) in [6, 6.07) is 28.8. The number of hydrogen-bond acceptors (Lipinski definition) is 2. The molecular formula is C25H23NO2. The zero-order valence-corrected chi connectivity index (χ0v) is 15.8. The maximum Gasteiger partial charge on any atom is 0.260 e. The van der Waals surface area contributed by atoms with E-state index in [-0.39, 0.29) is 11.9 Å². The average molecular weight is 369 g/mol. The van der Waals surface area contributed by atoms with Crippen LogP contribution in [0, 0.1) is 0 Å². The number of amides is 1. The molecule has 1 aliphatic carbocycles. The molecule has 0 saturated carbocycles.